The fraction of sp³-hybridized carbons (Fsp3) is 0.529. The molecule has 0 heterocycles. The van der Waals surface area contributed by atoms with Crippen molar-refractivity contribution < 1.29 is 24.2 Å². The molecule has 0 saturated carbocycles. The Morgan fingerprint density at radius 2 is 1.83 bits per heavy atom. The number of urea groups is 1. The molecule has 1 unspecified atom stereocenters. The van der Waals surface area contributed by atoms with Gasteiger partial charge in [-0.2, -0.15) is 0 Å². The average Bonchev–Trinajstić information content (AvgIpc) is 2.50. The topological polar surface area (TPSA) is 89.9 Å². The molecule has 0 aliphatic rings. The lowest BCUT2D eigenvalue weighted by Gasteiger charge is -2.27. The Labute approximate surface area is 141 Å². The number of aliphatic hydroxyl groups is 1. The van der Waals surface area contributed by atoms with Gasteiger partial charge in [0, 0.05) is 19.5 Å². The number of amides is 2. The molecule has 1 atom stereocenters. The van der Waals surface area contributed by atoms with Gasteiger partial charge < -0.3 is 20.4 Å². The fourth-order valence-corrected chi connectivity index (χ4v) is 2.23. The number of nitrogens with zero attached hydrogens (tertiary/aromatic N) is 1. The predicted molar refractivity (Wildman–Crippen MR) is 88.0 cm³/mol. The van der Waals surface area contributed by atoms with E-state index in [1.54, 1.807) is 0 Å². The van der Waals surface area contributed by atoms with Gasteiger partial charge in [-0.25, -0.2) is 9.18 Å². The molecule has 3 N–H and O–H groups in total. The molecule has 1 aromatic carbocycles. The third kappa shape index (κ3) is 7.41. The zero-order valence-electron chi connectivity index (χ0n) is 14.0. The summed E-state index contributed by atoms with van der Waals surface area (Å²) in [6.45, 7) is 4.69. The maximum absolute atomic E-state index is 12.9. The number of carboxylic acid groups (broad SMARTS) is 1. The molecule has 1 rings (SSSR count). The van der Waals surface area contributed by atoms with Gasteiger partial charge in [-0.1, -0.05) is 26.0 Å². The number of halogens is 1. The zero-order valence-corrected chi connectivity index (χ0v) is 14.0. The Kier molecular flexibility index (Phi) is 8.18. The number of benzene rings is 1. The molecule has 0 aliphatic carbocycles. The van der Waals surface area contributed by atoms with Gasteiger partial charge in [-0.05, 0) is 30.0 Å². The lowest BCUT2D eigenvalue weighted by molar-refractivity contribution is -0.137. The van der Waals surface area contributed by atoms with E-state index in [4.69, 9.17) is 5.11 Å². The summed E-state index contributed by atoms with van der Waals surface area (Å²) >= 11 is 0. The number of rotatable bonds is 9. The number of nitrogens with one attached hydrogen (secondary N) is 1. The Morgan fingerprint density at radius 3 is 2.38 bits per heavy atom. The van der Waals surface area contributed by atoms with Gasteiger partial charge in [0.05, 0.1) is 12.6 Å². The highest BCUT2D eigenvalue weighted by molar-refractivity contribution is 5.74. The summed E-state index contributed by atoms with van der Waals surface area (Å²) in [6.07, 6.45) is -0.589. The van der Waals surface area contributed by atoms with Crippen LogP contribution >= 0.6 is 0 Å². The zero-order chi connectivity index (χ0) is 18.1. The fourth-order valence-electron chi connectivity index (χ4n) is 2.23. The van der Waals surface area contributed by atoms with Crippen molar-refractivity contribution in [1.29, 1.82) is 0 Å². The Bertz CT molecular complexity index is 534. The van der Waals surface area contributed by atoms with Crippen LogP contribution in [0.4, 0.5) is 9.18 Å². The first-order chi connectivity index (χ1) is 11.3. The number of carboxylic acids is 1. The first-order valence-corrected chi connectivity index (χ1v) is 7.97. The van der Waals surface area contributed by atoms with Crippen molar-refractivity contribution in [3.8, 4) is 0 Å². The lowest BCUT2D eigenvalue weighted by Crippen LogP contribution is -2.44. The lowest BCUT2D eigenvalue weighted by atomic mass is 10.1. The van der Waals surface area contributed by atoms with Crippen molar-refractivity contribution >= 4 is 12.0 Å². The SMILES string of the molecule is CC(C)CN(CC(O)c1ccc(F)cc1)C(=O)NCCCC(=O)O. The van der Waals surface area contributed by atoms with E-state index < -0.39 is 12.1 Å². The molecule has 6 nitrogen and oxygen atoms in total. The van der Waals surface area contributed by atoms with Crippen LogP contribution in [0.5, 0.6) is 0 Å². The summed E-state index contributed by atoms with van der Waals surface area (Å²) in [5, 5.41) is 21.5. The van der Waals surface area contributed by atoms with Crippen LogP contribution in [0.2, 0.25) is 0 Å². The molecule has 0 aliphatic heterocycles. The van der Waals surface area contributed by atoms with Crippen LogP contribution in [0.1, 0.15) is 38.4 Å². The molecule has 2 amide bonds. The van der Waals surface area contributed by atoms with E-state index in [0.29, 0.717) is 18.5 Å². The van der Waals surface area contributed by atoms with Crippen LogP contribution in [-0.2, 0) is 4.79 Å². The third-order valence-electron chi connectivity index (χ3n) is 3.36. The highest BCUT2D eigenvalue weighted by Crippen LogP contribution is 2.16. The van der Waals surface area contributed by atoms with Crippen molar-refractivity contribution in [2.24, 2.45) is 5.92 Å². The van der Waals surface area contributed by atoms with E-state index in [1.807, 2.05) is 13.8 Å². The van der Waals surface area contributed by atoms with Crippen LogP contribution in [-0.4, -0.2) is 46.7 Å². The number of carbonyl (C=O) groups excluding carboxylic acids is 1. The van der Waals surface area contributed by atoms with Gasteiger partial charge in [0.2, 0.25) is 0 Å². The van der Waals surface area contributed by atoms with E-state index in [0.717, 1.165) is 0 Å². The monoisotopic (exact) mass is 340 g/mol. The van der Waals surface area contributed by atoms with Gasteiger partial charge >= 0.3 is 12.0 Å². The van der Waals surface area contributed by atoms with Crippen LogP contribution in [0.3, 0.4) is 0 Å². The second-order valence-corrected chi connectivity index (χ2v) is 6.10. The normalized spacial score (nSPS) is 12.0. The van der Waals surface area contributed by atoms with Crippen molar-refractivity contribution in [2.45, 2.75) is 32.8 Å². The van der Waals surface area contributed by atoms with Gasteiger partial charge in [0.15, 0.2) is 0 Å². The standard InChI is InChI=1S/C17H25FN2O4/c1-12(2)10-20(17(24)19-9-3-4-16(22)23)11-15(21)13-5-7-14(18)8-6-13/h5-8,12,15,21H,3-4,9-11H2,1-2H3,(H,19,24)(H,22,23). The summed E-state index contributed by atoms with van der Waals surface area (Å²) in [5.74, 6) is -1.09. The second kappa shape index (κ2) is 9.87. The molecule has 0 spiro atoms. The van der Waals surface area contributed by atoms with Crippen LogP contribution in [0.25, 0.3) is 0 Å². The summed E-state index contributed by atoms with van der Waals surface area (Å²) in [7, 11) is 0. The van der Waals surface area contributed by atoms with Crippen LogP contribution < -0.4 is 5.32 Å². The van der Waals surface area contributed by atoms with E-state index in [2.05, 4.69) is 5.32 Å². The number of carbonyl (C=O) groups is 2. The number of hydrogen-bond donors (Lipinski definition) is 3. The molecular formula is C17H25FN2O4. The maximum atomic E-state index is 12.9. The molecule has 24 heavy (non-hydrogen) atoms. The highest BCUT2D eigenvalue weighted by Gasteiger charge is 2.19. The number of hydrogen-bond acceptors (Lipinski definition) is 3. The minimum absolute atomic E-state index is 0.0112. The van der Waals surface area contributed by atoms with E-state index >= 15 is 0 Å². The largest absolute Gasteiger partial charge is 0.481 e. The summed E-state index contributed by atoms with van der Waals surface area (Å²) < 4.78 is 12.9. The Balaban J connectivity index is 2.61. The molecule has 0 saturated heterocycles. The number of aliphatic carboxylic acids is 1. The predicted octanol–water partition coefficient (Wildman–Crippen LogP) is 2.39. The van der Waals surface area contributed by atoms with Crippen LogP contribution in [0.15, 0.2) is 24.3 Å². The van der Waals surface area contributed by atoms with Crippen molar-refractivity contribution in [3.05, 3.63) is 35.6 Å². The first kappa shape index (κ1) is 19.9. The average molecular weight is 340 g/mol. The van der Waals surface area contributed by atoms with Gasteiger partial charge in [-0.15, -0.1) is 0 Å². The Hall–Kier alpha value is -2.15. The maximum Gasteiger partial charge on any atom is 0.317 e. The van der Waals surface area contributed by atoms with E-state index in [1.165, 1.54) is 29.2 Å². The molecule has 0 fully saturated rings. The van der Waals surface area contributed by atoms with E-state index in [-0.39, 0.29) is 37.3 Å². The molecular weight excluding hydrogens is 315 g/mol. The van der Waals surface area contributed by atoms with Crippen molar-refractivity contribution in [1.82, 2.24) is 10.2 Å². The van der Waals surface area contributed by atoms with E-state index in [9.17, 15) is 19.1 Å². The first-order valence-electron chi connectivity index (χ1n) is 7.97. The summed E-state index contributed by atoms with van der Waals surface area (Å²) in [4.78, 5) is 24.2. The summed E-state index contributed by atoms with van der Waals surface area (Å²) in [5.41, 5.74) is 0.531. The quantitative estimate of drug-likeness (QED) is 0.602. The van der Waals surface area contributed by atoms with Gasteiger partial charge in [-0.3, -0.25) is 4.79 Å². The minimum Gasteiger partial charge on any atom is -0.481 e. The molecule has 0 bridgehead atoms. The third-order valence-corrected chi connectivity index (χ3v) is 3.36. The smallest absolute Gasteiger partial charge is 0.317 e. The molecule has 1 aromatic rings. The van der Waals surface area contributed by atoms with Gasteiger partial charge in [0.1, 0.15) is 5.82 Å². The Morgan fingerprint density at radius 1 is 1.21 bits per heavy atom. The highest BCUT2D eigenvalue weighted by atomic mass is 19.1. The van der Waals surface area contributed by atoms with Gasteiger partial charge in [0.25, 0.3) is 0 Å². The number of aliphatic hydroxyl groups excluding tert-OH is 1. The molecule has 0 aromatic heterocycles. The van der Waals surface area contributed by atoms with Crippen molar-refractivity contribution in [3.63, 3.8) is 0 Å². The van der Waals surface area contributed by atoms with Crippen LogP contribution in [0, 0.1) is 11.7 Å². The minimum atomic E-state index is -0.922. The summed E-state index contributed by atoms with van der Waals surface area (Å²) in [6, 6.07) is 5.14. The van der Waals surface area contributed by atoms with Crippen molar-refractivity contribution in [2.75, 3.05) is 19.6 Å². The molecule has 7 heteroatoms. The second-order valence-electron chi connectivity index (χ2n) is 6.10. The molecule has 0 radical (unpaired) electrons. The molecule has 134 valence electrons.